The largest absolute Gasteiger partial charge is 0.355 e. The van der Waals surface area contributed by atoms with Gasteiger partial charge in [-0.1, -0.05) is 48.9 Å². The maximum Gasteiger partial charge on any atom is 0.213 e. The van der Waals surface area contributed by atoms with Gasteiger partial charge in [0.2, 0.25) is 10.0 Å². The Kier molecular flexibility index (Phi) is 6.91. The average Bonchev–Trinajstić information content (AvgIpc) is 2.65. The molecule has 3 N–H and O–H groups in total. The number of nitrogens with zero attached hydrogens (tertiary/aromatic N) is 1. The summed E-state index contributed by atoms with van der Waals surface area (Å²) in [5, 5.41) is 8.86. The number of aliphatic imine (C=N–C) groups is 1. The fourth-order valence-electron chi connectivity index (χ4n) is 3.42. The standard InChI is InChI=1S/C21H30N4O2S/c1-16(19-12-6-10-18-9-3-4-11-20(18)19)25-21(22-2)23-13-14-28(26,27)24-15-17-7-5-8-17/h3-4,6,9-12,16-17,24H,5,7-8,13-15H2,1-2H3,(H2,22,23,25). The van der Waals surface area contributed by atoms with E-state index in [-0.39, 0.29) is 11.8 Å². The molecule has 152 valence electrons. The minimum Gasteiger partial charge on any atom is -0.355 e. The lowest BCUT2D eigenvalue weighted by atomic mass is 9.86. The Bertz CT molecular complexity index is 918. The van der Waals surface area contributed by atoms with Crippen molar-refractivity contribution in [1.29, 1.82) is 0 Å². The van der Waals surface area contributed by atoms with E-state index < -0.39 is 10.0 Å². The van der Waals surface area contributed by atoms with Gasteiger partial charge in [0.15, 0.2) is 5.96 Å². The highest BCUT2D eigenvalue weighted by Crippen LogP contribution is 2.25. The number of nitrogens with one attached hydrogen (secondary N) is 3. The number of hydrogen-bond acceptors (Lipinski definition) is 3. The van der Waals surface area contributed by atoms with Crippen LogP contribution in [0.3, 0.4) is 0 Å². The van der Waals surface area contributed by atoms with Crippen LogP contribution >= 0.6 is 0 Å². The number of hydrogen-bond donors (Lipinski definition) is 3. The third kappa shape index (κ3) is 5.45. The number of fused-ring (bicyclic) bond motifs is 1. The number of rotatable bonds is 8. The van der Waals surface area contributed by atoms with Crippen LogP contribution in [0.25, 0.3) is 10.8 Å². The van der Waals surface area contributed by atoms with Gasteiger partial charge in [-0.25, -0.2) is 13.1 Å². The Morgan fingerprint density at radius 2 is 1.93 bits per heavy atom. The highest BCUT2D eigenvalue weighted by atomic mass is 32.2. The quantitative estimate of drug-likeness (QED) is 0.468. The number of guanidine groups is 1. The molecule has 2 aromatic rings. The summed E-state index contributed by atoms with van der Waals surface area (Å²) in [5.74, 6) is 1.14. The number of sulfonamides is 1. The second kappa shape index (κ2) is 9.39. The molecule has 1 aliphatic rings. The third-order valence-corrected chi connectivity index (χ3v) is 6.69. The van der Waals surface area contributed by atoms with Crippen LogP contribution in [0.15, 0.2) is 47.5 Å². The van der Waals surface area contributed by atoms with Crippen molar-refractivity contribution in [2.75, 3.05) is 25.9 Å². The topological polar surface area (TPSA) is 82.6 Å². The van der Waals surface area contributed by atoms with Crippen LogP contribution in [-0.2, 0) is 10.0 Å². The molecule has 2 aromatic carbocycles. The molecule has 0 bridgehead atoms. The summed E-state index contributed by atoms with van der Waals surface area (Å²) < 4.78 is 27.0. The molecule has 28 heavy (non-hydrogen) atoms. The molecule has 0 heterocycles. The average molecular weight is 403 g/mol. The molecule has 1 saturated carbocycles. The maximum absolute atomic E-state index is 12.1. The van der Waals surface area contributed by atoms with Crippen LogP contribution in [0.1, 0.15) is 37.8 Å². The first kappa shape index (κ1) is 20.6. The molecule has 1 unspecified atom stereocenters. The van der Waals surface area contributed by atoms with E-state index in [4.69, 9.17) is 0 Å². The zero-order chi connectivity index (χ0) is 20.0. The van der Waals surface area contributed by atoms with Gasteiger partial charge in [0.25, 0.3) is 0 Å². The summed E-state index contributed by atoms with van der Waals surface area (Å²) in [6, 6.07) is 14.6. The minimum atomic E-state index is -3.26. The lowest BCUT2D eigenvalue weighted by Gasteiger charge is -2.25. The zero-order valence-corrected chi connectivity index (χ0v) is 17.4. The van der Waals surface area contributed by atoms with Gasteiger partial charge in [-0.15, -0.1) is 0 Å². The van der Waals surface area contributed by atoms with Crippen LogP contribution in [0.5, 0.6) is 0 Å². The Hall–Kier alpha value is -2.12. The van der Waals surface area contributed by atoms with Gasteiger partial charge in [0.05, 0.1) is 11.8 Å². The van der Waals surface area contributed by atoms with Gasteiger partial charge < -0.3 is 10.6 Å². The van der Waals surface area contributed by atoms with Crippen molar-refractivity contribution in [3.63, 3.8) is 0 Å². The lowest BCUT2D eigenvalue weighted by Crippen LogP contribution is -2.42. The van der Waals surface area contributed by atoms with Crippen molar-refractivity contribution in [2.24, 2.45) is 10.9 Å². The third-order valence-electron chi connectivity index (χ3n) is 5.35. The summed E-state index contributed by atoms with van der Waals surface area (Å²) >= 11 is 0. The normalized spacial score (nSPS) is 16.6. The second-order valence-corrected chi connectivity index (χ2v) is 9.32. The summed E-state index contributed by atoms with van der Waals surface area (Å²) in [4.78, 5) is 4.23. The van der Waals surface area contributed by atoms with E-state index in [2.05, 4.69) is 51.5 Å². The maximum atomic E-state index is 12.1. The van der Waals surface area contributed by atoms with Gasteiger partial charge in [-0.3, -0.25) is 4.99 Å². The van der Waals surface area contributed by atoms with Crippen molar-refractivity contribution in [1.82, 2.24) is 15.4 Å². The van der Waals surface area contributed by atoms with E-state index in [0.29, 0.717) is 25.0 Å². The fourth-order valence-corrected chi connectivity index (χ4v) is 4.43. The van der Waals surface area contributed by atoms with E-state index in [1.807, 2.05) is 18.2 Å². The van der Waals surface area contributed by atoms with E-state index in [9.17, 15) is 8.42 Å². The highest BCUT2D eigenvalue weighted by Gasteiger charge is 2.20. The monoisotopic (exact) mass is 402 g/mol. The predicted octanol–water partition coefficient (Wildman–Crippen LogP) is 2.79. The van der Waals surface area contributed by atoms with Crippen LogP contribution < -0.4 is 15.4 Å². The molecule has 0 radical (unpaired) electrons. The molecule has 0 aromatic heterocycles. The van der Waals surface area contributed by atoms with Crippen LogP contribution in [-0.4, -0.2) is 40.3 Å². The Labute approximate surface area is 167 Å². The molecule has 1 fully saturated rings. The van der Waals surface area contributed by atoms with E-state index >= 15 is 0 Å². The van der Waals surface area contributed by atoms with Crippen LogP contribution in [0, 0.1) is 5.92 Å². The van der Waals surface area contributed by atoms with Crippen LogP contribution in [0.4, 0.5) is 0 Å². The van der Waals surface area contributed by atoms with Crippen molar-refractivity contribution in [3.8, 4) is 0 Å². The summed E-state index contributed by atoms with van der Waals surface area (Å²) in [6.07, 6.45) is 3.47. The predicted molar refractivity (Wildman–Crippen MR) is 116 cm³/mol. The molecule has 7 heteroatoms. The van der Waals surface area contributed by atoms with Gasteiger partial charge in [0.1, 0.15) is 0 Å². The van der Waals surface area contributed by atoms with Gasteiger partial charge in [-0.05, 0) is 42.0 Å². The molecule has 0 saturated heterocycles. The highest BCUT2D eigenvalue weighted by molar-refractivity contribution is 7.89. The summed E-state index contributed by atoms with van der Waals surface area (Å²) in [5.41, 5.74) is 1.18. The molecule has 0 amide bonds. The van der Waals surface area contributed by atoms with Gasteiger partial charge >= 0.3 is 0 Å². The van der Waals surface area contributed by atoms with Crippen molar-refractivity contribution >= 4 is 26.8 Å². The molecule has 6 nitrogen and oxygen atoms in total. The minimum absolute atomic E-state index is 0.0308. The molecule has 0 aliphatic heterocycles. The van der Waals surface area contributed by atoms with Crippen molar-refractivity contribution in [2.45, 2.75) is 32.2 Å². The number of benzene rings is 2. The molecule has 3 rings (SSSR count). The Morgan fingerprint density at radius 1 is 1.18 bits per heavy atom. The van der Waals surface area contributed by atoms with Crippen molar-refractivity contribution < 1.29 is 8.42 Å². The zero-order valence-electron chi connectivity index (χ0n) is 16.6. The Balaban J connectivity index is 1.52. The SMILES string of the molecule is CN=C(NCCS(=O)(=O)NCC1CCC1)NC(C)c1cccc2ccccc12. The molecule has 0 spiro atoms. The van der Waals surface area contributed by atoms with Crippen LogP contribution in [0.2, 0.25) is 0 Å². The lowest BCUT2D eigenvalue weighted by molar-refractivity contribution is 0.316. The van der Waals surface area contributed by atoms with E-state index in [1.54, 1.807) is 7.05 Å². The summed E-state index contributed by atoms with van der Waals surface area (Å²) in [6.45, 7) is 2.95. The molecular formula is C21H30N4O2S. The van der Waals surface area contributed by atoms with Crippen molar-refractivity contribution in [3.05, 3.63) is 48.0 Å². The second-order valence-electron chi connectivity index (χ2n) is 7.40. The van der Waals surface area contributed by atoms with E-state index in [0.717, 1.165) is 12.8 Å². The molecule has 1 atom stereocenters. The first-order chi connectivity index (χ1) is 13.5. The summed E-state index contributed by atoms with van der Waals surface area (Å²) in [7, 11) is -1.57. The van der Waals surface area contributed by atoms with Gasteiger partial charge in [0, 0.05) is 20.1 Å². The fraction of sp³-hybridized carbons (Fsp3) is 0.476. The first-order valence-electron chi connectivity index (χ1n) is 9.90. The molecule has 1 aliphatic carbocycles. The molecular weight excluding hydrogens is 372 g/mol. The van der Waals surface area contributed by atoms with Gasteiger partial charge in [-0.2, -0.15) is 0 Å². The van der Waals surface area contributed by atoms with E-state index in [1.165, 1.54) is 22.8 Å². The smallest absolute Gasteiger partial charge is 0.213 e. The Morgan fingerprint density at radius 3 is 2.64 bits per heavy atom. The first-order valence-corrected chi connectivity index (χ1v) is 11.6.